The number of hydrogen-bond donors (Lipinski definition) is 1. The molecule has 1 rings (SSSR count). The van der Waals surface area contributed by atoms with Gasteiger partial charge in [0.25, 0.3) is 5.91 Å². The molecule has 0 spiro atoms. The number of aliphatic imine (C=N–C) groups is 1. The second-order valence-electron chi connectivity index (χ2n) is 2.53. The van der Waals surface area contributed by atoms with Crippen LogP contribution in [0.15, 0.2) is 4.99 Å². The number of nitrogens with zero attached hydrogens (tertiary/aromatic N) is 1. The lowest BCUT2D eigenvalue weighted by molar-refractivity contribution is -0.113. The number of imide groups is 1. The summed E-state index contributed by atoms with van der Waals surface area (Å²) in [5.74, 6) is -0.828. The first kappa shape index (κ1) is 12.0. The average molecular weight is 234 g/mol. The normalized spacial score (nSPS) is 16.5. The van der Waals surface area contributed by atoms with Crippen LogP contribution in [0.2, 0.25) is 0 Å². The molecule has 0 saturated heterocycles. The quantitative estimate of drug-likeness (QED) is 0.713. The molecule has 8 heteroatoms. The molecular formula is C7H11N2O5P. The van der Waals surface area contributed by atoms with Gasteiger partial charge in [0.15, 0.2) is 0 Å². The van der Waals surface area contributed by atoms with Gasteiger partial charge in [0, 0.05) is 0 Å². The lowest BCUT2D eigenvalue weighted by Crippen LogP contribution is -2.26. The molecule has 15 heavy (non-hydrogen) atoms. The minimum absolute atomic E-state index is 0.0950. The topological polar surface area (TPSA) is 94.1 Å². The second kappa shape index (κ2) is 4.65. The summed E-state index contributed by atoms with van der Waals surface area (Å²) in [4.78, 5) is 25.2. The standard InChI is InChI=1S/C7H11N2O5P/c1-3-13-15(12,14-4-2)6-5(10)8-7(11)9-6/h3-4H2,1-2H3,(H,8,10,11). The summed E-state index contributed by atoms with van der Waals surface area (Å²) < 4.78 is 21.7. The summed E-state index contributed by atoms with van der Waals surface area (Å²) in [6.45, 7) is 3.39. The van der Waals surface area contributed by atoms with E-state index < -0.39 is 25.0 Å². The molecule has 1 heterocycles. The summed E-state index contributed by atoms with van der Waals surface area (Å²) in [5.41, 5.74) is -0.476. The van der Waals surface area contributed by atoms with Crippen LogP contribution in [0.4, 0.5) is 4.79 Å². The van der Waals surface area contributed by atoms with E-state index >= 15 is 0 Å². The van der Waals surface area contributed by atoms with Crippen LogP contribution in [-0.2, 0) is 18.4 Å². The van der Waals surface area contributed by atoms with Crippen LogP contribution in [0, 0.1) is 0 Å². The Kier molecular flexibility index (Phi) is 3.73. The van der Waals surface area contributed by atoms with Gasteiger partial charge < -0.3 is 9.05 Å². The van der Waals surface area contributed by atoms with E-state index in [1.807, 2.05) is 5.32 Å². The van der Waals surface area contributed by atoms with E-state index in [0.29, 0.717) is 0 Å². The zero-order valence-corrected chi connectivity index (χ0v) is 9.24. The highest BCUT2D eigenvalue weighted by molar-refractivity contribution is 7.75. The summed E-state index contributed by atoms with van der Waals surface area (Å²) in [7, 11) is -3.74. The molecule has 3 amide bonds. The van der Waals surface area contributed by atoms with Crippen molar-refractivity contribution in [3.8, 4) is 0 Å². The molecule has 1 N–H and O–H groups in total. The van der Waals surface area contributed by atoms with E-state index in [4.69, 9.17) is 9.05 Å². The third kappa shape index (κ3) is 2.50. The van der Waals surface area contributed by atoms with Gasteiger partial charge in [-0.05, 0) is 13.8 Å². The van der Waals surface area contributed by atoms with Gasteiger partial charge >= 0.3 is 13.6 Å². The van der Waals surface area contributed by atoms with Crippen molar-refractivity contribution in [2.24, 2.45) is 4.99 Å². The Hall–Kier alpha value is -1.04. The zero-order valence-electron chi connectivity index (χ0n) is 8.35. The lowest BCUT2D eigenvalue weighted by Gasteiger charge is -2.14. The van der Waals surface area contributed by atoms with Crippen molar-refractivity contribution in [3.05, 3.63) is 0 Å². The largest absolute Gasteiger partial charge is 0.385 e. The molecule has 0 unspecified atom stereocenters. The average Bonchev–Trinajstić information content (AvgIpc) is 2.46. The molecular weight excluding hydrogens is 223 g/mol. The van der Waals surface area contributed by atoms with Crippen LogP contribution in [0.5, 0.6) is 0 Å². The number of urea groups is 1. The molecule has 1 aliphatic rings. The Morgan fingerprint density at radius 3 is 2.13 bits per heavy atom. The van der Waals surface area contributed by atoms with Crippen molar-refractivity contribution >= 4 is 25.0 Å². The highest BCUT2D eigenvalue weighted by atomic mass is 31.2. The third-order valence-corrected chi connectivity index (χ3v) is 3.51. The van der Waals surface area contributed by atoms with E-state index in [9.17, 15) is 14.2 Å². The first-order valence-corrected chi connectivity index (χ1v) is 5.91. The molecule has 0 saturated carbocycles. The minimum Gasteiger partial charge on any atom is -0.304 e. The van der Waals surface area contributed by atoms with E-state index in [1.165, 1.54) is 0 Å². The van der Waals surface area contributed by atoms with Crippen molar-refractivity contribution in [1.29, 1.82) is 0 Å². The van der Waals surface area contributed by atoms with Crippen molar-refractivity contribution in [2.75, 3.05) is 13.2 Å². The molecule has 0 atom stereocenters. The Bertz CT molecular complexity index is 354. The number of rotatable bonds is 5. The fourth-order valence-corrected chi connectivity index (χ4v) is 2.53. The van der Waals surface area contributed by atoms with Gasteiger partial charge in [0.1, 0.15) is 0 Å². The third-order valence-electron chi connectivity index (χ3n) is 1.49. The van der Waals surface area contributed by atoms with Crippen LogP contribution >= 0.6 is 7.60 Å². The molecule has 0 aromatic rings. The van der Waals surface area contributed by atoms with Crippen molar-refractivity contribution < 1.29 is 23.2 Å². The SMILES string of the molecule is CCOP(=O)(OCC)C1=NC(=O)NC1=O. The van der Waals surface area contributed by atoms with Crippen LogP contribution in [-0.4, -0.2) is 30.6 Å². The second-order valence-corrected chi connectivity index (χ2v) is 4.46. The smallest absolute Gasteiger partial charge is 0.304 e. The number of carbonyl (C=O) groups excluding carboxylic acids is 2. The van der Waals surface area contributed by atoms with Gasteiger partial charge in [-0.15, -0.1) is 0 Å². The Labute approximate surface area is 86.4 Å². The molecule has 84 valence electrons. The number of hydrogen-bond acceptors (Lipinski definition) is 5. The highest BCUT2D eigenvalue weighted by Crippen LogP contribution is 2.50. The molecule has 0 fully saturated rings. The fraction of sp³-hybridized carbons (Fsp3) is 0.571. The Morgan fingerprint density at radius 2 is 1.80 bits per heavy atom. The summed E-state index contributed by atoms with van der Waals surface area (Å²) in [5, 5.41) is 1.88. The van der Waals surface area contributed by atoms with Crippen LogP contribution in [0.1, 0.15) is 13.8 Å². The summed E-state index contributed by atoms with van der Waals surface area (Å²) >= 11 is 0. The molecule has 7 nitrogen and oxygen atoms in total. The number of nitrogens with one attached hydrogen (secondary N) is 1. The molecule has 0 aromatic carbocycles. The van der Waals surface area contributed by atoms with Crippen LogP contribution in [0.25, 0.3) is 0 Å². The first-order valence-electron chi connectivity index (χ1n) is 4.37. The number of carbonyl (C=O) groups is 2. The van der Waals surface area contributed by atoms with Crippen molar-refractivity contribution in [2.45, 2.75) is 13.8 Å². The molecule has 0 aliphatic carbocycles. The summed E-state index contributed by atoms with van der Waals surface area (Å²) in [6.07, 6.45) is 0. The van der Waals surface area contributed by atoms with Crippen LogP contribution < -0.4 is 5.32 Å². The maximum absolute atomic E-state index is 12.0. The summed E-state index contributed by atoms with van der Waals surface area (Å²) in [6, 6.07) is -0.852. The van der Waals surface area contributed by atoms with Gasteiger partial charge in [-0.2, -0.15) is 4.99 Å². The molecule has 0 bridgehead atoms. The van der Waals surface area contributed by atoms with E-state index in [1.54, 1.807) is 13.8 Å². The van der Waals surface area contributed by atoms with Crippen LogP contribution in [0.3, 0.4) is 0 Å². The van der Waals surface area contributed by atoms with Gasteiger partial charge in [-0.1, -0.05) is 0 Å². The zero-order chi connectivity index (χ0) is 11.5. The molecule has 0 radical (unpaired) electrons. The fourth-order valence-electron chi connectivity index (χ4n) is 1.01. The predicted molar refractivity (Wildman–Crippen MR) is 51.8 cm³/mol. The van der Waals surface area contributed by atoms with Crippen molar-refractivity contribution in [1.82, 2.24) is 5.32 Å². The van der Waals surface area contributed by atoms with E-state index in [-0.39, 0.29) is 13.2 Å². The Balaban J connectivity index is 2.99. The first-order chi connectivity index (χ1) is 7.03. The maximum Gasteiger partial charge on any atom is 0.385 e. The van der Waals surface area contributed by atoms with Gasteiger partial charge in [-0.25, -0.2) is 4.79 Å². The van der Waals surface area contributed by atoms with Gasteiger partial charge in [0.05, 0.1) is 13.2 Å². The molecule has 1 aliphatic heterocycles. The predicted octanol–water partition coefficient (Wildman–Crippen LogP) is 0.901. The Morgan fingerprint density at radius 1 is 1.27 bits per heavy atom. The maximum atomic E-state index is 12.0. The number of amides is 3. The minimum atomic E-state index is -3.74. The van der Waals surface area contributed by atoms with E-state index in [0.717, 1.165) is 0 Å². The highest BCUT2D eigenvalue weighted by Gasteiger charge is 2.41. The van der Waals surface area contributed by atoms with Gasteiger partial charge in [-0.3, -0.25) is 14.7 Å². The van der Waals surface area contributed by atoms with Gasteiger partial charge in [0.2, 0.25) is 5.45 Å². The molecule has 0 aromatic heterocycles. The van der Waals surface area contributed by atoms with E-state index in [2.05, 4.69) is 4.99 Å². The monoisotopic (exact) mass is 234 g/mol. The van der Waals surface area contributed by atoms with Crippen molar-refractivity contribution in [3.63, 3.8) is 0 Å². The lowest BCUT2D eigenvalue weighted by atomic mass is 10.7.